The molecular weight excluding hydrogens is 288 g/mol. The van der Waals surface area contributed by atoms with Crippen molar-refractivity contribution < 1.29 is 14.6 Å². The number of carbonyl (C=O) groups excluding carboxylic acids is 1. The maximum Gasteiger partial charge on any atom is 0.372 e. The molecule has 2 saturated carbocycles. The standard InChI is InChI=1S/C20H34O3/c1-3-4-5-6-16-7-9-17(10-8-16)18-11-13-19(14-12-18)23-20(22)15(2)21/h16-19,21H,2-14H2,1H3. The van der Waals surface area contributed by atoms with Crippen LogP contribution in [-0.4, -0.2) is 17.2 Å². The predicted octanol–water partition coefficient (Wildman–Crippen LogP) is 5.55. The van der Waals surface area contributed by atoms with Crippen molar-refractivity contribution in [1.82, 2.24) is 0 Å². The molecule has 0 saturated heterocycles. The molecule has 0 aromatic heterocycles. The van der Waals surface area contributed by atoms with Gasteiger partial charge in [0, 0.05) is 0 Å². The van der Waals surface area contributed by atoms with Crippen LogP contribution in [0.1, 0.15) is 84.0 Å². The van der Waals surface area contributed by atoms with Crippen LogP contribution in [0.3, 0.4) is 0 Å². The highest BCUT2D eigenvalue weighted by Crippen LogP contribution is 2.41. The fraction of sp³-hybridized carbons (Fsp3) is 0.850. The van der Waals surface area contributed by atoms with Crippen molar-refractivity contribution in [3.05, 3.63) is 12.3 Å². The fourth-order valence-electron chi connectivity index (χ4n) is 4.53. The molecule has 23 heavy (non-hydrogen) atoms. The molecule has 0 atom stereocenters. The molecule has 3 nitrogen and oxygen atoms in total. The van der Waals surface area contributed by atoms with E-state index in [1.165, 1.54) is 64.2 Å². The highest BCUT2D eigenvalue weighted by atomic mass is 16.6. The highest BCUT2D eigenvalue weighted by Gasteiger charge is 2.32. The Kier molecular flexibility index (Phi) is 7.45. The van der Waals surface area contributed by atoms with Crippen LogP contribution in [0.25, 0.3) is 0 Å². The Morgan fingerprint density at radius 1 is 1.00 bits per heavy atom. The van der Waals surface area contributed by atoms with Gasteiger partial charge in [-0.1, -0.05) is 45.4 Å². The van der Waals surface area contributed by atoms with Gasteiger partial charge in [0.05, 0.1) is 0 Å². The summed E-state index contributed by atoms with van der Waals surface area (Å²) >= 11 is 0. The van der Waals surface area contributed by atoms with Gasteiger partial charge in [-0.05, 0) is 62.9 Å². The first-order chi connectivity index (χ1) is 11.1. The van der Waals surface area contributed by atoms with Crippen molar-refractivity contribution in [3.63, 3.8) is 0 Å². The summed E-state index contributed by atoms with van der Waals surface area (Å²) in [6.07, 6.45) is 15.4. The van der Waals surface area contributed by atoms with Crippen LogP contribution >= 0.6 is 0 Å². The lowest BCUT2D eigenvalue weighted by atomic mass is 9.70. The van der Waals surface area contributed by atoms with E-state index in [2.05, 4.69) is 13.5 Å². The molecule has 0 radical (unpaired) electrons. The Hall–Kier alpha value is -0.990. The molecule has 2 aliphatic rings. The molecule has 132 valence electrons. The number of rotatable bonds is 7. The van der Waals surface area contributed by atoms with Gasteiger partial charge in [0.2, 0.25) is 0 Å². The minimum absolute atomic E-state index is 0.0203. The van der Waals surface area contributed by atoms with Crippen molar-refractivity contribution >= 4 is 5.97 Å². The molecule has 2 fully saturated rings. The maximum atomic E-state index is 11.4. The van der Waals surface area contributed by atoms with Gasteiger partial charge in [-0.15, -0.1) is 0 Å². The lowest BCUT2D eigenvalue weighted by molar-refractivity contribution is -0.149. The summed E-state index contributed by atoms with van der Waals surface area (Å²) in [6.45, 7) is 5.50. The molecule has 0 aromatic rings. The second-order valence-corrected chi connectivity index (χ2v) is 7.67. The zero-order chi connectivity index (χ0) is 16.7. The Morgan fingerprint density at radius 3 is 2.09 bits per heavy atom. The summed E-state index contributed by atoms with van der Waals surface area (Å²) in [5.41, 5.74) is 0. The molecule has 0 aromatic carbocycles. The van der Waals surface area contributed by atoms with Crippen LogP contribution in [0.15, 0.2) is 12.3 Å². The summed E-state index contributed by atoms with van der Waals surface area (Å²) < 4.78 is 5.27. The molecule has 1 N–H and O–H groups in total. The third kappa shape index (κ3) is 5.86. The predicted molar refractivity (Wildman–Crippen MR) is 93.2 cm³/mol. The third-order valence-electron chi connectivity index (χ3n) is 6.00. The Morgan fingerprint density at radius 2 is 1.57 bits per heavy atom. The average Bonchev–Trinajstić information content (AvgIpc) is 2.56. The number of carbonyl (C=O) groups is 1. The first-order valence-corrected chi connectivity index (χ1v) is 9.69. The van der Waals surface area contributed by atoms with Gasteiger partial charge >= 0.3 is 5.97 Å². The monoisotopic (exact) mass is 322 g/mol. The summed E-state index contributed by atoms with van der Waals surface area (Å²) in [6, 6.07) is 0. The van der Waals surface area contributed by atoms with Crippen molar-refractivity contribution in [2.45, 2.75) is 90.1 Å². The minimum Gasteiger partial charge on any atom is -0.502 e. The van der Waals surface area contributed by atoms with Crippen molar-refractivity contribution in [1.29, 1.82) is 0 Å². The molecular formula is C20H34O3. The first kappa shape index (κ1) is 18.4. The fourth-order valence-corrected chi connectivity index (χ4v) is 4.53. The van der Waals surface area contributed by atoms with Crippen LogP contribution in [0.4, 0.5) is 0 Å². The molecule has 0 amide bonds. The first-order valence-electron chi connectivity index (χ1n) is 9.69. The molecule has 0 spiro atoms. The third-order valence-corrected chi connectivity index (χ3v) is 6.00. The Bertz CT molecular complexity index is 374. The van der Waals surface area contributed by atoms with E-state index in [-0.39, 0.29) is 6.10 Å². The number of unbranched alkanes of at least 4 members (excludes halogenated alkanes) is 2. The number of hydrogen-bond acceptors (Lipinski definition) is 3. The normalized spacial score (nSPS) is 31.5. The number of esters is 1. The molecule has 2 aliphatic carbocycles. The average molecular weight is 322 g/mol. The van der Waals surface area contributed by atoms with E-state index < -0.39 is 11.7 Å². The molecule has 0 heterocycles. The van der Waals surface area contributed by atoms with E-state index in [0.29, 0.717) is 0 Å². The summed E-state index contributed by atoms with van der Waals surface area (Å²) in [4.78, 5) is 11.4. The van der Waals surface area contributed by atoms with Crippen LogP contribution < -0.4 is 0 Å². The van der Waals surface area contributed by atoms with E-state index >= 15 is 0 Å². The summed E-state index contributed by atoms with van der Waals surface area (Å²) in [7, 11) is 0. The Labute approximate surface area is 141 Å². The smallest absolute Gasteiger partial charge is 0.372 e. The zero-order valence-corrected chi connectivity index (χ0v) is 14.8. The lowest BCUT2D eigenvalue weighted by Gasteiger charge is -2.37. The topological polar surface area (TPSA) is 46.5 Å². The van der Waals surface area contributed by atoms with Crippen LogP contribution in [0, 0.1) is 17.8 Å². The van der Waals surface area contributed by atoms with Crippen LogP contribution in [-0.2, 0) is 9.53 Å². The van der Waals surface area contributed by atoms with E-state index in [1.54, 1.807) is 0 Å². The van der Waals surface area contributed by atoms with E-state index in [4.69, 9.17) is 9.84 Å². The van der Waals surface area contributed by atoms with Crippen LogP contribution in [0.2, 0.25) is 0 Å². The van der Waals surface area contributed by atoms with E-state index in [0.717, 1.165) is 30.6 Å². The van der Waals surface area contributed by atoms with Crippen molar-refractivity contribution in [2.24, 2.45) is 17.8 Å². The second-order valence-electron chi connectivity index (χ2n) is 7.67. The zero-order valence-electron chi connectivity index (χ0n) is 14.8. The Balaban J connectivity index is 1.64. The summed E-state index contributed by atoms with van der Waals surface area (Å²) in [5.74, 6) is 1.56. The summed E-state index contributed by atoms with van der Waals surface area (Å²) in [5, 5.41) is 9.04. The molecule has 2 rings (SSSR count). The largest absolute Gasteiger partial charge is 0.502 e. The molecule has 0 bridgehead atoms. The van der Waals surface area contributed by atoms with Gasteiger partial charge in [0.1, 0.15) is 6.10 Å². The SMILES string of the molecule is C=C(O)C(=O)OC1CCC(C2CCC(CCCCC)CC2)CC1. The van der Waals surface area contributed by atoms with Gasteiger partial charge in [-0.3, -0.25) is 0 Å². The number of hydrogen-bond donors (Lipinski definition) is 1. The van der Waals surface area contributed by atoms with Gasteiger partial charge < -0.3 is 9.84 Å². The quantitative estimate of drug-likeness (QED) is 0.289. The lowest BCUT2D eigenvalue weighted by Crippen LogP contribution is -2.30. The number of aliphatic hydroxyl groups excluding tert-OH is 1. The van der Waals surface area contributed by atoms with Gasteiger partial charge in [0.15, 0.2) is 5.76 Å². The van der Waals surface area contributed by atoms with Gasteiger partial charge in [-0.25, -0.2) is 4.79 Å². The highest BCUT2D eigenvalue weighted by molar-refractivity contribution is 5.85. The number of aliphatic hydroxyl groups is 1. The molecule has 0 unspecified atom stereocenters. The second kappa shape index (κ2) is 9.34. The van der Waals surface area contributed by atoms with Crippen molar-refractivity contribution in [2.75, 3.05) is 0 Å². The molecule has 0 aliphatic heterocycles. The van der Waals surface area contributed by atoms with E-state index in [9.17, 15) is 4.79 Å². The minimum atomic E-state index is -0.652. The maximum absolute atomic E-state index is 11.4. The van der Waals surface area contributed by atoms with Gasteiger partial charge in [0.25, 0.3) is 0 Å². The van der Waals surface area contributed by atoms with E-state index in [1.807, 2.05) is 0 Å². The van der Waals surface area contributed by atoms with Gasteiger partial charge in [-0.2, -0.15) is 0 Å². The molecule has 3 heteroatoms. The number of ether oxygens (including phenoxy) is 1. The van der Waals surface area contributed by atoms with Crippen LogP contribution in [0.5, 0.6) is 0 Å². The van der Waals surface area contributed by atoms with Crippen molar-refractivity contribution in [3.8, 4) is 0 Å².